The third-order valence-electron chi connectivity index (χ3n) is 6.90. The van der Waals surface area contributed by atoms with E-state index in [-0.39, 0.29) is 35.5 Å². The fourth-order valence-corrected chi connectivity index (χ4v) is 6.41. The van der Waals surface area contributed by atoms with E-state index in [2.05, 4.69) is 11.4 Å². The molecule has 5 rings (SSSR count). The molecule has 1 fully saturated rings. The summed E-state index contributed by atoms with van der Waals surface area (Å²) in [5.41, 5.74) is 3.05. The fraction of sp³-hybridized carbons (Fsp3) is 0.440. The van der Waals surface area contributed by atoms with Gasteiger partial charge in [0.25, 0.3) is 0 Å². The maximum atomic E-state index is 13.8. The number of rotatable bonds is 3. The minimum absolute atomic E-state index is 0.0577. The highest BCUT2D eigenvalue weighted by Crippen LogP contribution is 2.39. The molecule has 0 saturated heterocycles. The van der Waals surface area contributed by atoms with Gasteiger partial charge in [-0.15, -0.1) is 11.8 Å². The number of hydrogen-bond donors (Lipinski definition) is 1. The molecule has 162 valence electrons. The van der Waals surface area contributed by atoms with E-state index >= 15 is 0 Å². The number of fused-ring (bicyclic) bond motifs is 2. The van der Waals surface area contributed by atoms with Crippen molar-refractivity contribution in [3.8, 4) is 0 Å². The SMILES string of the molecule is O=C(NC1CCSc2ccc(F)cc21)C1CCCCC1C(=O)N1CCc2ccccc21. The highest BCUT2D eigenvalue weighted by Gasteiger charge is 2.40. The van der Waals surface area contributed by atoms with E-state index in [0.717, 1.165) is 60.4 Å². The third-order valence-corrected chi connectivity index (χ3v) is 8.02. The number of benzene rings is 2. The lowest BCUT2D eigenvalue weighted by Gasteiger charge is -2.34. The van der Waals surface area contributed by atoms with Gasteiger partial charge in [-0.2, -0.15) is 0 Å². The molecule has 6 heteroatoms. The smallest absolute Gasteiger partial charge is 0.230 e. The molecule has 2 aromatic carbocycles. The molecule has 2 aromatic rings. The van der Waals surface area contributed by atoms with Crippen molar-refractivity contribution in [1.29, 1.82) is 0 Å². The molecule has 3 atom stereocenters. The third kappa shape index (κ3) is 3.98. The molecule has 2 heterocycles. The van der Waals surface area contributed by atoms with Gasteiger partial charge in [0.2, 0.25) is 11.8 Å². The lowest BCUT2D eigenvalue weighted by molar-refractivity contribution is -0.135. The first-order chi connectivity index (χ1) is 15.1. The van der Waals surface area contributed by atoms with Crippen LogP contribution in [0.25, 0.3) is 0 Å². The van der Waals surface area contributed by atoms with Crippen LogP contribution in [0.3, 0.4) is 0 Å². The van der Waals surface area contributed by atoms with E-state index in [9.17, 15) is 14.0 Å². The van der Waals surface area contributed by atoms with Crippen LogP contribution in [0.1, 0.15) is 49.3 Å². The number of carbonyl (C=O) groups excluding carboxylic acids is 2. The second-order valence-corrected chi connectivity index (χ2v) is 9.88. The van der Waals surface area contributed by atoms with Crippen LogP contribution < -0.4 is 10.2 Å². The number of hydrogen-bond acceptors (Lipinski definition) is 3. The lowest BCUT2D eigenvalue weighted by Crippen LogP contribution is -2.46. The second kappa shape index (κ2) is 8.65. The van der Waals surface area contributed by atoms with Gasteiger partial charge in [0.05, 0.1) is 12.0 Å². The van der Waals surface area contributed by atoms with Gasteiger partial charge in [0.15, 0.2) is 0 Å². The van der Waals surface area contributed by atoms with Crippen LogP contribution in [0.15, 0.2) is 47.4 Å². The van der Waals surface area contributed by atoms with Gasteiger partial charge >= 0.3 is 0 Å². The van der Waals surface area contributed by atoms with Crippen molar-refractivity contribution in [2.75, 3.05) is 17.2 Å². The number of anilines is 1. The van der Waals surface area contributed by atoms with Gasteiger partial charge in [0, 0.05) is 28.8 Å². The van der Waals surface area contributed by atoms with Crippen LogP contribution in [0.5, 0.6) is 0 Å². The summed E-state index contributed by atoms with van der Waals surface area (Å²) in [4.78, 5) is 29.8. The Morgan fingerprint density at radius 3 is 2.71 bits per heavy atom. The Morgan fingerprint density at radius 2 is 1.84 bits per heavy atom. The summed E-state index contributed by atoms with van der Waals surface area (Å²) in [6.45, 7) is 0.690. The molecule has 2 aliphatic heterocycles. The molecule has 1 saturated carbocycles. The van der Waals surface area contributed by atoms with Gasteiger partial charge in [-0.3, -0.25) is 9.59 Å². The summed E-state index contributed by atoms with van der Waals surface area (Å²) in [6.07, 6.45) is 5.07. The zero-order valence-electron chi connectivity index (χ0n) is 17.5. The monoisotopic (exact) mass is 438 g/mol. The van der Waals surface area contributed by atoms with Crippen molar-refractivity contribution >= 4 is 29.3 Å². The molecule has 2 amide bonds. The number of amides is 2. The predicted octanol–water partition coefficient (Wildman–Crippen LogP) is 4.87. The van der Waals surface area contributed by atoms with E-state index in [1.54, 1.807) is 17.8 Å². The van der Waals surface area contributed by atoms with E-state index < -0.39 is 0 Å². The lowest BCUT2D eigenvalue weighted by atomic mass is 9.77. The summed E-state index contributed by atoms with van der Waals surface area (Å²) in [7, 11) is 0. The van der Waals surface area contributed by atoms with Crippen molar-refractivity contribution in [3.63, 3.8) is 0 Å². The highest BCUT2D eigenvalue weighted by atomic mass is 32.2. The molecule has 31 heavy (non-hydrogen) atoms. The predicted molar refractivity (Wildman–Crippen MR) is 121 cm³/mol. The quantitative estimate of drug-likeness (QED) is 0.744. The normalized spacial score (nSPS) is 24.9. The number of nitrogens with one attached hydrogen (secondary N) is 1. The first-order valence-corrected chi connectivity index (χ1v) is 12.2. The zero-order valence-corrected chi connectivity index (χ0v) is 18.3. The molecule has 0 aromatic heterocycles. The number of halogens is 1. The average Bonchev–Trinajstić information content (AvgIpc) is 3.23. The Balaban J connectivity index is 1.34. The molecule has 4 nitrogen and oxygen atoms in total. The van der Waals surface area contributed by atoms with Crippen LogP contribution in [0.4, 0.5) is 10.1 Å². The Hall–Kier alpha value is -2.34. The molecule has 3 unspecified atom stereocenters. The van der Waals surface area contributed by atoms with Gasteiger partial charge in [-0.25, -0.2) is 4.39 Å². The summed E-state index contributed by atoms with van der Waals surface area (Å²) in [5, 5.41) is 3.18. The van der Waals surface area contributed by atoms with Crippen LogP contribution >= 0.6 is 11.8 Å². The fourth-order valence-electron chi connectivity index (χ4n) is 5.30. The maximum Gasteiger partial charge on any atom is 0.230 e. The summed E-state index contributed by atoms with van der Waals surface area (Å²) in [5.74, 6) is 0.0266. The molecule has 1 N–H and O–H groups in total. The largest absolute Gasteiger partial charge is 0.349 e. The van der Waals surface area contributed by atoms with Gasteiger partial charge in [-0.1, -0.05) is 31.0 Å². The molecular weight excluding hydrogens is 411 g/mol. The Labute approximate surface area is 186 Å². The second-order valence-electron chi connectivity index (χ2n) is 8.75. The van der Waals surface area contributed by atoms with Crippen molar-refractivity contribution in [1.82, 2.24) is 5.32 Å². The zero-order chi connectivity index (χ0) is 21.4. The molecule has 0 radical (unpaired) electrons. The van der Waals surface area contributed by atoms with E-state index in [4.69, 9.17) is 0 Å². The van der Waals surface area contributed by atoms with Gasteiger partial charge < -0.3 is 10.2 Å². The molecular formula is C25H27FN2O2S. The summed E-state index contributed by atoms with van der Waals surface area (Å²) < 4.78 is 13.8. The van der Waals surface area contributed by atoms with Crippen molar-refractivity contribution in [2.24, 2.45) is 11.8 Å². The average molecular weight is 439 g/mol. The minimum Gasteiger partial charge on any atom is -0.349 e. The van der Waals surface area contributed by atoms with E-state index in [1.165, 1.54) is 17.7 Å². The topological polar surface area (TPSA) is 49.4 Å². The van der Waals surface area contributed by atoms with E-state index in [1.807, 2.05) is 23.1 Å². The summed E-state index contributed by atoms with van der Waals surface area (Å²) >= 11 is 1.70. The Morgan fingerprint density at radius 1 is 1.03 bits per heavy atom. The first kappa shape index (κ1) is 20.6. The van der Waals surface area contributed by atoms with Crippen LogP contribution in [0, 0.1) is 17.7 Å². The van der Waals surface area contributed by atoms with Crippen LogP contribution in [0.2, 0.25) is 0 Å². The van der Waals surface area contributed by atoms with Crippen molar-refractivity contribution in [3.05, 3.63) is 59.4 Å². The van der Waals surface area contributed by atoms with Gasteiger partial charge in [-0.05, 0) is 61.1 Å². The van der Waals surface area contributed by atoms with E-state index in [0.29, 0.717) is 6.54 Å². The van der Waals surface area contributed by atoms with Crippen LogP contribution in [-0.4, -0.2) is 24.1 Å². The summed E-state index contributed by atoms with van der Waals surface area (Å²) in [6, 6.07) is 12.7. The first-order valence-electron chi connectivity index (χ1n) is 11.2. The number of nitrogens with zero attached hydrogens (tertiary/aromatic N) is 1. The molecule has 3 aliphatic rings. The molecule has 0 bridgehead atoms. The minimum atomic E-state index is -0.319. The molecule has 0 spiro atoms. The van der Waals surface area contributed by atoms with Crippen molar-refractivity contribution < 1.29 is 14.0 Å². The Kier molecular flexibility index (Phi) is 5.74. The standard InChI is InChI=1S/C25H27FN2O2S/c26-17-9-10-23-20(15-17)21(12-14-31-23)27-24(29)18-6-2-3-7-19(18)25(30)28-13-11-16-5-1-4-8-22(16)28/h1,4-5,8-10,15,18-19,21H,2-3,6-7,11-14H2,(H,27,29). The molecule has 1 aliphatic carbocycles. The number of carbonyl (C=O) groups is 2. The number of thioether (sulfide) groups is 1. The van der Waals surface area contributed by atoms with Crippen LogP contribution in [-0.2, 0) is 16.0 Å². The Bertz CT molecular complexity index is 1010. The van der Waals surface area contributed by atoms with Crippen molar-refractivity contribution in [2.45, 2.75) is 49.5 Å². The van der Waals surface area contributed by atoms with Gasteiger partial charge in [0.1, 0.15) is 5.82 Å². The highest BCUT2D eigenvalue weighted by molar-refractivity contribution is 7.99. The maximum absolute atomic E-state index is 13.8. The number of para-hydroxylation sites is 1.